The number of anilines is 1. The Hall–Kier alpha value is -1.90. The molecule has 2 aromatic rings. The largest absolute Gasteiger partial charge is 0.369 e. The molecule has 0 radical (unpaired) electrons. The Labute approximate surface area is 115 Å². The van der Waals surface area contributed by atoms with Crippen LogP contribution in [0, 0.1) is 5.92 Å². The molecule has 0 fully saturated rings. The summed E-state index contributed by atoms with van der Waals surface area (Å²) >= 11 is 0. The molecule has 100 valence electrons. The average molecular weight is 255 g/mol. The van der Waals surface area contributed by atoms with E-state index in [-0.39, 0.29) is 0 Å². The van der Waals surface area contributed by atoms with Crippen molar-refractivity contribution in [3.8, 4) is 11.3 Å². The molecular weight excluding hydrogens is 234 g/mol. The molecule has 1 aromatic heterocycles. The normalized spacial score (nSPS) is 10.7. The van der Waals surface area contributed by atoms with Crippen LogP contribution in [-0.2, 0) is 6.42 Å². The van der Waals surface area contributed by atoms with E-state index in [1.54, 1.807) is 0 Å². The van der Waals surface area contributed by atoms with Crippen molar-refractivity contribution in [1.29, 1.82) is 0 Å². The third-order valence-electron chi connectivity index (χ3n) is 2.89. The highest BCUT2D eigenvalue weighted by Crippen LogP contribution is 2.20. The van der Waals surface area contributed by atoms with Crippen LogP contribution in [0.5, 0.6) is 0 Å². The highest BCUT2D eigenvalue weighted by molar-refractivity contribution is 5.60. The van der Waals surface area contributed by atoms with Gasteiger partial charge in [0.2, 0.25) is 0 Å². The second-order valence-electron chi connectivity index (χ2n) is 5.13. The van der Waals surface area contributed by atoms with Gasteiger partial charge in [-0.25, -0.2) is 0 Å². The van der Waals surface area contributed by atoms with Gasteiger partial charge in [0.15, 0.2) is 0 Å². The highest BCUT2D eigenvalue weighted by Gasteiger charge is 2.03. The summed E-state index contributed by atoms with van der Waals surface area (Å²) < 4.78 is 0. The summed E-state index contributed by atoms with van der Waals surface area (Å²) in [6, 6.07) is 12.5. The van der Waals surface area contributed by atoms with Crippen LogP contribution in [0.15, 0.2) is 36.4 Å². The lowest BCUT2D eigenvalue weighted by Crippen LogP contribution is -2.00. The molecule has 0 aliphatic carbocycles. The molecule has 0 spiro atoms. The van der Waals surface area contributed by atoms with Crippen molar-refractivity contribution in [2.75, 3.05) is 11.9 Å². The van der Waals surface area contributed by atoms with Crippen molar-refractivity contribution in [3.63, 3.8) is 0 Å². The predicted octanol–water partition coefficient (Wildman–Crippen LogP) is 3.77. The number of nitrogens with zero attached hydrogens (tertiary/aromatic N) is 2. The third kappa shape index (κ3) is 3.78. The fraction of sp³-hybridized carbons (Fsp3) is 0.375. The first kappa shape index (κ1) is 13.5. The maximum absolute atomic E-state index is 4.28. The van der Waals surface area contributed by atoms with Crippen LogP contribution < -0.4 is 5.32 Å². The van der Waals surface area contributed by atoms with Crippen molar-refractivity contribution >= 4 is 5.82 Å². The van der Waals surface area contributed by atoms with Crippen LogP contribution in [0.25, 0.3) is 11.3 Å². The molecule has 1 aromatic carbocycles. The van der Waals surface area contributed by atoms with E-state index in [9.17, 15) is 0 Å². The maximum Gasteiger partial charge on any atom is 0.148 e. The Balaban J connectivity index is 2.21. The minimum Gasteiger partial charge on any atom is -0.369 e. The zero-order valence-corrected chi connectivity index (χ0v) is 11.9. The van der Waals surface area contributed by atoms with Crippen molar-refractivity contribution < 1.29 is 0 Å². The van der Waals surface area contributed by atoms with Gasteiger partial charge in [0, 0.05) is 12.1 Å². The van der Waals surface area contributed by atoms with Crippen LogP contribution >= 0.6 is 0 Å². The number of aromatic nitrogens is 2. The average Bonchev–Trinajstić information content (AvgIpc) is 2.39. The van der Waals surface area contributed by atoms with Gasteiger partial charge in [-0.1, -0.05) is 32.0 Å². The van der Waals surface area contributed by atoms with E-state index in [0.29, 0.717) is 5.92 Å². The first-order chi connectivity index (χ1) is 9.19. The first-order valence-electron chi connectivity index (χ1n) is 6.86. The predicted molar refractivity (Wildman–Crippen MR) is 80.2 cm³/mol. The van der Waals surface area contributed by atoms with E-state index >= 15 is 0 Å². The quantitative estimate of drug-likeness (QED) is 0.883. The zero-order chi connectivity index (χ0) is 13.7. The second kappa shape index (κ2) is 6.32. The van der Waals surface area contributed by atoms with Crippen molar-refractivity contribution in [3.05, 3.63) is 42.0 Å². The number of nitrogens with one attached hydrogen (secondary N) is 1. The summed E-state index contributed by atoms with van der Waals surface area (Å²) in [5.41, 5.74) is 3.41. The molecular formula is C16H21N3. The van der Waals surface area contributed by atoms with E-state index in [2.05, 4.69) is 53.6 Å². The molecule has 2 rings (SSSR count). The van der Waals surface area contributed by atoms with Gasteiger partial charge in [0.25, 0.3) is 0 Å². The Morgan fingerprint density at radius 2 is 1.95 bits per heavy atom. The Morgan fingerprint density at radius 3 is 2.58 bits per heavy atom. The Kier molecular flexibility index (Phi) is 4.50. The second-order valence-corrected chi connectivity index (χ2v) is 5.13. The van der Waals surface area contributed by atoms with E-state index in [1.165, 1.54) is 5.56 Å². The summed E-state index contributed by atoms with van der Waals surface area (Å²) in [6.45, 7) is 7.37. The molecule has 0 atom stereocenters. The lowest BCUT2D eigenvalue weighted by Gasteiger charge is -2.07. The minimum atomic E-state index is 0.664. The van der Waals surface area contributed by atoms with E-state index < -0.39 is 0 Å². The van der Waals surface area contributed by atoms with Gasteiger partial charge in [-0.15, -0.1) is 10.2 Å². The van der Waals surface area contributed by atoms with Crippen molar-refractivity contribution in [1.82, 2.24) is 10.2 Å². The van der Waals surface area contributed by atoms with E-state index in [0.717, 1.165) is 30.0 Å². The summed E-state index contributed by atoms with van der Waals surface area (Å²) in [4.78, 5) is 0. The molecule has 0 amide bonds. The molecule has 3 heteroatoms. The molecule has 0 aliphatic rings. The lowest BCUT2D eigenvalue weighted by atomic mass is 10.00. The van der Waals surface area contributed by atoms with Gasteiger partial charge in [0.1, 0.15) is 5.82 Å². The summed E-state index contributed by atoms with van der Waals surface area (Å²) in [7, 11) is 0. The van der Waals surface area contributed by atoms with Crippen LogP contribution in [0.4, 0.5) is 5.82 Å². The Morgan fingerprint density at radius 1 is 1.11 bits per heavy atom. The number of benzene rings is 1. The molecule has 0 unspecified atom stereocenters. The van der Waals surface area contributed by atoms with Crippen LogP contribution in [0.2, 0.25) is 0 Å². The van der Waals surface area contributed by atoms with E-state index in [4.69, 9.17) is 0 Å². The van der Waals surface area contributed by atoms with Gasteiger partial charge >= 0.3 is 0 Å². The van der Waals surface area contributed by atoms with E-state index in [1.807, 2.05) is 19.1 Å². The molecule has 19 heavy (non-hydrogen) atoms. The highest BCUT2D eigenvalue weighted by atomic mass is 15.2. The first-order valence-corrected chi connectivity index (χ1v) is 6.86. The fourth-order valence-electron chi connectivity index (χ4n) is 2.09. The van der Waals surface area contributed by atoms with Gasteiger partial charge in [-0.3, -0.25) is 0 Å². The van der Waals surface area contributed by atoms with Crippen LogP contribution in [-0.4, -0.2) is 16.7 Å². The molecule has 0 aliphatic heterocycles. The summed E-state index contributed by atoms with van der Waals surface area (Å²) in [5.74, 6) is 1.49. The monoisotopic (exact) mass is 255 g/mol. The number of rotatable bonds is 5. The van der Waals surface area contributed by atoms with Crippen molar-refractivity contribution in [2.24, 2.45) is 5.92 Å². The third-order valence-corrected chi connectivity index (χ3v) is 2.89. The maximum atomic E-state index is 4.28. The number of hydrogen-bond acceptors (Lipinski definition) is 3. The summed E-state index contributed by atoms with van der Waals surface area (Å²) in [5, 5.41) is 11.6. The standard InChI is InChI=1S/C16H21N3/c1-4-17-16-9-8-15(18-19-16)14-7-5-6-13(11-14)10-12(2)3/h5-9,11-12H,4,10H2,1-3H3,(H,17,19). The molecule has 1 heterocycles. The fourth-order valence-corrected chi connectivity index (χ4v) is 2.09. The van der Waals surface area contributed by atoms with Gasteiger partial charge in [-0.05, 0) is 43.0 Å². The lowest BCUT2D eigenvalue weighted by molar-refractivity contribution is 0.647. The SMILES string of the molecule is CCNc1ccc(-c2cccc(CC(C)C)c2)nn1. The minimum absolute atomic E-state index is 0.664. The molecule has 0 saturated carbocycles. The zero-order valence-electron chi connectivity index (χ0n) is 11.9. The van der Waals surface area contributed by atoms with Crippen LogP contribution in [0.1, 0.15) is 26.3 Å². The van der Waals surface area contributed by atoms with Gasteiger partial charge in [-0.2, -0.15) is 0 Å². The molecule has 0 saturated heterocycles. The topological polar surface area (TPSA) is 37.8 Å². The smallest absolute Gasteiger partial charge is 0.148 e. The van der Waals surface area contributed by atoms with Gasteiger partial charge in [0.05, 0.1) is 5.69 Å². The molecule has 0 bridgehead atoms. The molecule has 3 nitrogen and oxygen atoms in total. The Bertz CT molecular complexity index is 518. The van der Waals surface area contributed by atoms with Crippen molar-refractivity contribution in [2.45, 2.75) is 27.2 Å². The van der Waals surface area contributed by atoms with Crippen LogP contribution in [0.3, 0.4) is 0 Å². The number of hydrogen-bond donors (Lipinski definition) is 1. The summed E-state index contributed by atoms with van der Waals surface area (Å²) in [6.07, 6.45) is 1.09. The van der Waals surface area contributed by atoms with Gasteiger partial charge < -0.3 is 5.32 Å². The molecule has 1 N–H and O–H groups in total.